The highest BCUT2D eigenvalue weighted by molar-refractivity contribution is 7.22. The number of ether oxygens (including phenoxy) is 1. The molecule has 0 aliphatic rings. The Morgan fingerprint density at radius 2 is 2.00 bits per heavy atom. The summed E-state index contributed by atoms with van der Waals surface area (Å²) in [5.74, 6) is 0.680. The fourth-order valence-electron chi connectivity index (χ4n) is 3.09. The number of aryl methyl sites for hydroxylation is 1. The summed E-state index contributed by atoms with van der Waals surface area (Å²) >= 11 is 3.16. The second-order valence-electron chi connectivity index (χ2n) is 6.62. The Morgan fingerprint density at radius 1 is 1.21 bits per heavy atom. The van der Waals surface area contributed by atoms with Crippen LogP contribution >= 0.6 is 22.7 Å². The molecule has 0 spiro atoms. The zero-order valence-corrected chi connectivity index (χ0v) is 19.0. The lowest BCUT2D eigenvalue weighted by atomic mass is 10.2. The van der Waals surface area contributed by atoms with Gasteiger partial charge in [-0.1, -0.05) is 37.3 Å². The highest BCUT2D eigenvalue weighted by Crippen LogP contribution is 2.36. The van der Waals surface area contributed by atoms with E-state index >= 15 is 0 Å². The number of carbonyl (C=O) groups excluding carboxylic acids is 1. The second-order valence-corrected chi connectivity index (χ2v) is 8.58. The van der Waals surface area contributed by atoms with E-state index in [0.717, 1.165) is 46.0 Å². The Hall–Kier alpha value is -2.22. The molecule has 154 valence electrons. The minimum Gasteiger partial charge on any atom is -0.494 e. The van der Waals surface area contributed by atoms with Crippen molar-refractivity contribution < 1.29 is 9.53 Å². The second kappa shape index (κ2) is 10.0. The zero-order chi connectivity index (χ0) is 20.8. The Bertz CT molecular complexity index is 976. The van der Waals surface area contributed by atoms with Gasteiger partial charge in [0, 0.05) is 24.0 Å². The molecule has 1 aromatic carbocycles. The number of hydrogen-bond acceptors (Lipinski definition) is 6. The molecule has 0 saturated carbocycles. The van der Waals surface area contributed by atoms with Crippen LogP contribution in [0.2, 0.25) is 0 Å². The fourth-order valence-corrected chi connectivity index (χ4v) is 4.79. The summed E-state index contributed by atoms with van der Waals surface area (Å²) in [6.07, 6.45) is 3.51. The number of methoxy groups -OCH3 is 1. The van der Waals surface area contributed by atoms with Crippen molar-refractivity contribution in [1.29, 1.82) is 0 Å². The quantitative estimate of drug-likeness (QED) is 0.446. The van der Waals surface area contributed by atoms with E-state index in [-0.39, 0.29) is 5.91 Å². The zero-order valence-electron chi connectivity index (χ0n) is 17.3. The topological polar surface area (TPSA) is 45.7 Å². The van der Waals surface area contributed by atoms with Gasteiger partial charge in [0.2, 0.25) is 0 Å². The lowest BCUT2D eigenvalue weighted by Crippen LogP contribution is -2.38. The molecule has 7 heteroatoms. The molecule has 0 unspecified atom stereocenters. The molecule has 0 N–H and O–H groups in total. The molecule has 3 rings (SSSR count). The predicted octanol–water partition coefficient (Wildman–Crippen LogP) is 5.06. The smallest absolute Gasteiger partial charge is 0.252 e. The molecular weight excluding hydrogens is 402 g/mol. The third-order valence-corrected chi connectivity index (χ3v) is 6.93. The van der Waals surface area contributed by atoms with E-state index in [0.29, 0.717) is 11.7 Å². The van der Waals surface area contributed by atoms with Crippen LogP contribution in [-0.4, -0.2) is 49.1 Å². The van der Waals surface area contributed by atoms with Crippen molar-refractivity contribution in [1.82, 2.24) is 9.88 Å². The number of hydrogen-bond donors (Lipinski definition) is 0. The first-order valence-corrected chi connectivity index (χ1v) is 11.5. The maximum Gasteiger partial charge on any atom is 0.252 e. The Morgan fingerprint density at radius 3 is 2.66 bits per heavy atom. The van der Waals surface area contributed by atoms with Gasteiger partial charge in [-0.3, -0.25) is 9.69 Å². The molecule has 0 bridgehead atoms. The van der Waals surface area contributed by atoms with Crippen LogP contribution in [0.15, 0.2) is 35.7 Å². The first-order valence-electron chi connectivity index (χ1n) is 9.76. The van der Waals surface area contributed by atoms with E-state index < -0.39 is 0 Å². The predicted molar refractivity (Wildman–Crippen MR) is 124 cm³/mol. The van der Waals surface area contributed by atoms with Gasteiger partial charge in [-0.25, -0.2) is 4.98 Å². The summed E-state index contributed by atoms with van der Waals surface area (Å²) in [4.78, 5) is 23.0. The third kappa shape index (κ3) is 5.04. The Labute approximate surface area is 180 Å². The molecule has 5 nitrogen and oxygen atoms in total. The average Bonchev–Trinajstić information content (AvgIpc) is 3.40. The first-order chi connectivity index (χ1) is 14.1. The van der Waals surface area contributed by atoms with E-state index in [1.165, 1.54) is 0 Å². The van der Waals surface area contributed by atoms with Crippen LogP contribution in [0.3, 0.4) is 0 Å². The lowest BCUT2D eigenvalue weighted by molar-refractivity contribution is -0.114. The van der Waals surface area contributed by atoms with Crippen LogP contribution in [0.4, 0.5) is 5.13 Å². The number of rotatable bonds is 9. The monoisotopic (exact) mass is 429 g/mol. The molecule has 0 radical (unpaired) electrons. The fraction of sp³-hybridized carbons (Fsp3) is 0.364. The standard InChI is InChI=1S/C22H27N3O2S2/c1-5-24(6-2)13-14-25(19(26)12-10-17-8-7-15-28-17)22-23-20-18(27-4)11-9-16(3)21(20)29-22/h7-12,15H,5-6,13-14H2,1-4H3/b12-10+. The molecule has 0 aliphatic heterocycles. The number of anilines is 1. The molecule has 2 aromatic heterocycles. The van der Waals surface area contributed by atoms with Crippen LogP contribution < -0.4 is 9.64 Å². The lowest BCUT2D eigenvalue weighted by Gasteiger charge is -2.23. The van der Waals surface area contributed by atoms with E-state index in [1.807, 2.05) is 35.7 Å². The summed E-state index contributed by atoms with van der Waals surface area (Å²) in [5.41, 5.74) is 1.95. The number of thiazole rings is 1. The van der Waals surface area contributed by atoms with Gasteiger partial charge in [0.1, 0.15) is 11.3 Å². The van der Waals surface area contributed by atoms with Crippen LogP contribution in [0.1, 0.15) is 24.3 Å². The van der Waals surface area contributed by atoms with E-state index in [9.17, 15) is 4.79 Å². The maximum absolute atomic E-state index is 13.1. The van der Waals surface area contributed by atoms with E-state index in [4.69, 9.17) is 9.72 Å². The minimum atomic E-state index is -0.0544. The van der Waals surface area contributed by atoms with Crippen molar-refractivity contribution in [3.63, 3.8) is 0 Å². The van der Waals surface area contributed by atoms with Gasteiger partial charge < -0.3 is 9.64 Å². The summed E-state index contributed by atoms with van der Waals surface area (Å²) in [6.45, 7) is 9.64. The number of amides is 1. The first kappa shape index (κ1) is 21.5. The van der Waals surface area contributed by atoms with Gasteiger partial charge in [0.05, 0.1) is 11.8 Å². The van der Waals surface area contributed by atoms with Crippen molar-refractivity contribution >= 4 is 50.0 Å². The summed E-state index contributed by atoms with van der Waals surface area (Å²) in [5, 5.41) is 2.71. The number of benzene rings is 1. The van der Waals surface area contributed by atoms with Crippen molar-refractivity contribution in [2.45, 2.75) is 20.8 Å². The van der Waals surface area contributed by atoms with Gasteiger partial charge in [-0.2, -0.15) is 0 Å². The molecule has 0 aliphatic carbocycles. The number of fused-ring (bicyclic) bond motifs is 1. The molecule has 2 heterocycles. The van der Waals surface area contributed by atoms with Crippen LogP contribution in [0, 0.1) is 6.92 Å². The van der Waals surface area contributed by atoms with Crippen molar-refractivity contribution in [2.24, 2.45) is 0 Å². The van der Waals surface area contributed by atoms with Gasteiger partial charge in [-0.05, 0) is 49.2 Å². The minimum absolute atomic E-state index is 0.0544. The Kier molecular flexibility index (Phi) is 7.41. The highest BCUT2D eigenvalue weighted by atomic mass is 32.1. The normalized spacial score (nSPS) is 11.6. The molecular formula is C22H27N3O2S2. The molecule has 29 heavy (non-hydrogen) atoms. The van der Waals surface area contributed by atoms with Crippen LogP contribution in [-0.2, 0) is 4.79 Å². The highest BCUT2D eigenvalue weighted by Gasteiger charge is 2.20. The van der Waals surface area contributed by atoms with Crippen molar-refractivity contribution in [3.8, 4) is 5.75 Å². The number of nitrogens with zero attached hydrogens (tertiary/aromatic N) is 3. The number of carbonyl (C=O) groups is 1. The summed E-state index contributed by atoms with van der Waals surface area (Å²) < 4.78 is 6.54. The number of aromatic nitrogens is 1. The molecule has 0 atom stereocenters. The number of thiophene rings is 1. The summed E-state index contributed by atoms with van der Waals surface area (Å²) in [6, 6.07) is 7.94. The SMILES string of the molecule is CCN(CC)CCN(C(=O)/C=C/c1cccs1)c1nc2c(OC)ccc(C)c2s1. The van der Waals surface area contributed by atoms with E-state index in [2.05, 4.69) is 25.7 Å². The molecule has 1 amide bonds. The van der Waals surface area contributed by atoms with Gasteiger partial charge in [0.15, 0.2) is 5.13 Å². The maximum atomic E-state index is 13.1. The average molecular weight is 430 g/mol. The van der Waals surface area contributed by atoms with E-state index in [1.54, 1.807) is 40.8 Å². The van der Waals surface area contributed by atoms with Gasteiger partial charge in [-0.15, -0.1) is 11.3 Å². The van der Waals surface area contributed by atoms with Crippen molar-refractivity contribution in [3.05, 3.63) is 46.2 Å². The third-order valence-electron chi connectivity index (χ3n) is 4.88. The van der Waals surface area contributed by atoms with Crippen LogP contribution in [0.25, 0.3) is 16.3 Å². The Balaban J connectivity index is 1.94. The largest absolute Gasteiger partial charge is 0.494 e. The molecule has 0 saturated heterocycles. The molecule has 3 aromatic rings. The van der Waals surface area contributed by atoms with Gasteiger partial charge >= 0.3 is 0 Å². The summed E-state index contributed by atoms with van der Waals surface area (Å²) in [7, 11) is 1.65. The molecule has 0 fully saturated rings. The van der Waals surface area contributed by atoms with Crippen LogP contribution in [0.5, 0.6) is 5.75 Å². The van der Waals surface area contributed by atoms with Crippen molar-refractivity contribution in [2.75, 3.05) is 38.2 Å². The number of likely N-dealkylation sites (N-methyl/N-ethyl adjacent to an activating group) is 1. The van der Waals surface area contributed by atoms with Gasteiger partial charge in [0.25, 0.3) is 5.91 Å².